The molecule has 2 N–H and O–H groups in total. The van der Waals surface area contributed by atoms with Crippen LogP contribution in [-0.2, 0) is 16.1 Å². The fraction of sp³-hybridized carbons (Fsp3) is 0.304. The van der Waals surface area contributed by atoms with Crippen LogP contribution in [-0.4, -0.2) is 42.0 Å². The van der Waals surface area contributed by atoms with Gasteiger partial charge in [-0.25, -0.2) is 4.39 Å². The molecule has 1 aliphatic rings. The molecule has 0 radical (unpaired) electrons. The average Bonchev–Trinajstić information content (AvgIpc) is 3.15. The Balaban J connectivity index is 1.46. The van der Waals surface area contributed by atoms with Crippen molar-refractivity contribution in [3.63, 3.8) is 0 Å². The minimum Gasteiger partial charge on any atom is -0.506 e. The van der Waals surface area contributed by atoms with Gasteiger partial charge in [0.1, 0.15) is 11.6 Å². The molecule has 1 aromatic heterocycles. The number of piperidine rings is 1. The number of carbonyl (C=O) groups is 2. The number of rotatable bonds is 5. The van der Waals surface area contributed by atoms with Gasteiger partial charge < -0.3 is 20.1 Å². The summed E-state index contributed by atoms with van der Waals surface area (Å²) in [5, 5.41) is 13.0. The monoisotopic (exact) mass is 442 g/mol. The molecular weight excluding hydrogens is 419 g/mol. The molecule has 162 valence electrons. The molecule has 4 rings (SSSR count). The molecular formula is C23H23FN2O4S. The van der Waals surface area contributed by atoms with E-state index >= 15 is 0 Å². The predicted molar refractivity (Wildman–Crippen MR) is 118 cm³/mol. The van der Waals surface area contributed by atoms with Gasteiger partial charge in [-0.1, -0.05) is 18.2 Å². The first kappa shape index (κ1) is 21.3. The molecule has 6 nitrogen and oxygen atoms in total. The molecule has 2 aromatic carbocycles. The number of aromatic hydroxyl groups is 1. The van der Waals surface area contributed by atoms with E-state index in [-0.39, 0.29) is 35.9 Å². The summed E-state index contributed by atoms with van der Waals surface area (Å²) in [5.41, 5.74) is 0.951. The van der Waals surface area contributed by atoms with Gasteiger partial charge in [0.25, 0.3) is 5.91 Å². The molecule has 0 bridgehead atoms. The highest BCUT2D eigenvalue weighted by molar-refractivity contribution is 7.21. The summed E-state index contributed by atoms with van der Waals surface area (Å²) in [6.45, 7) is 1.02. The fourth-order valence-electron chi connectivity index (χ4n) is 3.92. The number of benzene rings is 2. The standard InChI is InChI=1S/C23H23FN2O4S/c1-30-13-15-20-16(24)5-4-8-19(20)31-21(15)23(29)26-11-9-14(10-12-26)22(28)25-17-6-2-3-7-18(17)27/h2-8,14,27H,9-13H2,1H3,(H,25,28). The van der Waals surface area contributed by atoms with E-state index in [0.717, 1.165) is 0 Å². The summed E-state index contributed by atoms with van der Waals surface area (Å²) in [6.07, 6.45) is 1.04. The highest BCUT2D eigenvalue weighted by atomic mass is 32.1. The topological polar surface area (TPSA) is 78.9 Å². The molecule has 31 heavy (non-hydrogen) atoms. The Morgan fingerprint density at radius 1 is 1.19 bits per heavy atom. The molecule has 0 atom stereocenters. The van der Waals surface area contributed by atoms with Crippen LogP contribution in [0, 0.1) is 11.7 Å². The molecule has 1 aliphatic heterocycles. The molecule has 2 heterocycles. The van der Waals surface area contributed by atoms with Crippen molar-refractivity contribution < 1.29 is 23.8 Å². The molecule has 1 fully saturated rings. The Morgan fingerprint density at radius 3 is 2.65 bits per heavy atom. The van der Waals surface area contributed by atoms with Crippen LogP contribution in [0.4, 0.5) is 10.1 Å². The number of anilines is 1. The number of halogens is 1. The summed E-state index contributed by atoms with van der Waals surface area (Å²) in [4.78, 5) is 28.0. The summed E-state index contributed by atoms with van der Waals surface area (Å²) in [6, 6.07) is 11.4. The number of ether oxygens (including phenoxy) is 1. The van der Waals surface area contributed by atoms with E-state index < -0.39 is 0 Å². The van der Waals surface area contributed by atoms with E-state index in [1.165, 1.54) is 30.6 Å². The van der Waals surface area contributed by atoms with Crippen LogP contribution in [0.3, 0.4) is 0 Å². The van der Waals surface area contributed by atoms with E-state index in [0.29, 0.717) is 52.1 Å². The third kappa shape index (κ3) is 4.26. The molecule has 3 aromatic rings. The van der Waals surface area contributed by atoms with Gasteiger partial charge in [0.05, 0.1) is 17.2 Å². The molecule has 2 amide bonds. The number of thiophene rings is 1. The van der Waals surface area contributed by atoms with Gasteiger partial charge in [-0.2, -0.15) is 0 Å². The number of fused-ring (bicyclic) bond motifs is 1. The maximum absolute atomic E-state index is 14.4. The van der Waals surface area contributed by atoms with E-state index in [2.05, 4.69) is 5.32 Å². The Labute approximate surface area is 183 Å². The second kappa shape index (κ2) is 9.03. The normalized spacial score (nSPS) is 14.7. The lowest BCUT2D eigenvalue weighted by Crippen LogP contribution is -2.41. The number of phenols is 1. The average molecular weight is 443 g/mol. The Bertz CT molecular complexity index is 1120. The van der Waals surface area contributed by atoms with Crippen LogP contribution in [0.5, 0.6) is 5.75 Å². The third-order valence-electron chi connectivity index (χ3n) is 5.56. The number of para-hydroxylation sites is 2. The van der Waals surface area contributed by atoms with Crippen LogP contribution in [0.1, 0.15) is 28.1 Å². The van der Waals surface area contributed by atoms with Crippen LogP contribution in [0.15, 0.2) is 42.5 Å². The number of hydrogen-bond acceptors (Lipinski definition) is 5. The maximum Gasteiger partial charge on any atom is 0.264 e. The molecule has 0 aliphatic carbocycles. The summed E-state index contributed by atoms with van der Waals surface area (Å²) in [7, 11) is 1.52. The van der Waals surface area contributed by atoms with E-state index in [9.17, 15) is 19.1 Å². The van der Waals surface area contributed by atoms with Crippen LogP contribution in [0.2, 0.25) is 0 Å². The van der Waals surface area contributed by atoms with Crippen molar-refractivity contribution in [2.45, 2.75) is 19.4 Å². The van der Waals surface area contributed by atoms with Crippen molar-refractivity contribution in [2.24, 2.45) is 5.92 Å². The number of hydrogen-bond donors (Lipinski definition) is 2. The highest BCUT2D eigenvalue weighted by Crippen LogP contribution is 2.35. The number of amides is 2. The zero-order chi connectivity index (χ0) is 22.0. The quantitative estimate of drug-likeness (QED) is 0.575. The summed E-state index contributed by atoms with van der Waals surface area (Å²) >= 11 is 1.27. The minimum absolute atomic E-state index is 0.0196. The number of phenolic OH excluding ortho intramolecular Hbond substituents is 1. The number of nitrogens with zero attached hydrogens (tertiary/aromatic N) is 1. The van der Waals surface area contributed by atoms with E-state index in [4.69, 9.17) is 4.74 Å². The van der Waals surface area contributed by atoms with Crippen molar-refractivity contribution in [1.82, 2.24) is 4.90 Å². The lowest BCUT2D eigenvalue weighted by Gasteiger charge is -2.31. The van der Waals surface area contributed by atoms with Crippen LogP contribution >= 0.6 is 11.3 Å². The van der Waals surface area contributed by atoms with E-state index in [1.807, 2.05) is 0 Å². The Hall–Kier alpha value is -2.97. The lowest BCUT2D eigenvalue weighted by atomic mass is 9.95. The third-order valence-corrected chi connectivity index (χ3v) is 6.75. The number of likely N-dealkylation sites (tertiary alicyclic amines) is 1. The molecule has 0 saturated carbocycles. The number of carbonyl (C=O) groups excluding carboxylic acids is 2. The van der Waals surface area contributed by atoms with E-state index in [1.54, 1.807) is 35.2 Å². The Morgan fingerprint density at radius 2 is 1.94 bits per heavy atom. The molecule has 0 spiro atoms. The smallest absolute Gasteiger partial charge is 0.264 e. The van der Waals surface area contributed by atoms with Gasteiger partial charge in [0.2, 0.25) is 5.91 Å². The van der Waals surface area contributed by atoms with Gasteiger partial charge in [-0.15, -0.1) is 11.3 Å². The van der Waals surface area contributed by atoms with Gasteiger partial charge in [-0.05, 0) is 37.1 Å². The zero-order valence-corrected chi connectivity index (χ0v) is 17.9. The summed E-state index contributed by atoms with van der Waals surface area (Å²) in [5.74, 6) is -0.919. The highest BCUT2D eigenvalue weighted by Gasteiger charge is 2.30. The second-order valence-corrected chi connectivity index (χ2v) is 8.58. The van der Waals surface area contributed by atoms with Crippen LogP contribution in [0.25, 0.3) is 10.1 Å². The fourth-order valence-corrected chi connectivity index (χ4v) is 5.11. The summed E-state index contributed by atoms with van der Waals surface area (Å²) < 4.78 is 20.4. The first-order chi connectivity index (χ1) is 15.0. The van der Waals surface area contributed by atoms with Gasteiger partial charge in [0, 0.05) is 41.8 Å². The molecule has 8 heteroatoms. The second-order valence-electron chi connectivity index (χ2n) is 7.53. The van der Waals surface area contributed by atoms with Gasteiger partial charge in [0.15, 0.2) is 0 Å². The largest absolute Gasteiger partial charge is 0.506 e. The molecule has 1 saturated heterocycles. The van der Waals surface area contributed by atoms with Crippen molar-refractivity contribution in [3.05, 3.63) is 58.7 Å². The van der Waals surface area contributed by atoms with Crippen molar-refractivity contribution in [3.8, 4) is 5.75 Å². The SMILES string of the molecule is COCc1c(C(=O)N2CCC(C(=O)Nc3ccccc3O)CC2)sc2cccc(F)c12. The lowest BCUT2D eigenvalue weighted by molar-refractivity contribution is -0.121. The van der Waals surface area contributed by atoms with Crippen molar-refractivity contribution in [2.75, 3.05) is 25.5 Å². The number of methoxy groups -OCH3 is 1. The number of nitrogens with one attached hydrogen (secondary N) is 1. The first-order valence-corrected chi connectivity index (χ1v) is 10.9. The minimum atomic E-state index is -0.362. The van der Waals surface area contributed by atoms with Crippen LogP contribution < -0.4 is 5.32 Å². The van der Waals surface area contributed by atoms with Gasteiger partial charge >= 0.3 is 0 Å². The zero-order valence-electron chi connectivity index (χ0n) is 17.1. The van der Waals surface area contributed by atoms with Gasteiger partial charge in [-0.3, -0.25) is 9.59 Å². The van der Waals surface area contributed by atoms with Crippen molar-refractivity contribution in [1.29, 1.82) is 0 Å². The molecule has 0 unspecified atom stereocenters. The van der Waals surface area contributed by atoms with Crippen molar-refractivity contribution >= 4 is 38.9 Å². The maximum atomic E-state index is 14.4. The first-order valence-electron chi connectivity index (χ1n) is 10.1. The predicted octanol–water partition coefficient (Wildman–Crippen LogP) is 4.38. The Kier molecular flexibility index (Phi) is 6.20.